The van der Waals surface area contributed by atoms with Crippen molar-refractivity contribution in [2.24, 2.45) is 11.8 Å². The molecule has 0 saturated heterocycles. The highest BCUT2D eigenvalue weighted by molar-refractivity contribution is 5.69. The smallest absolute Gasteiger partial charge is 0.317 e. The molecule has 0 amide bonds. The Morgan fingerprint density at radius 2 is 1.67 bits per heavy atom. The Morgan fingerprint density at radius 3 is 2.00 bits per heavy atom. The van der Waals surface area contributed by atoms with E-state index >= 15 is 0 Å². The quantitative estimate of drug-likeness (QED) is 0.655. The van der Waals surface area contributed by atoms with Crippen LogP contribution in [-0.4, -0.2) is 48.8 Å². The molecule has 0 heterocycles. The van der Waals surface area contributed by atoms with E-state index in [1.165, 1.54) is 0 Å². The number of hydrogen-bond acceptors (Lipinski definition) is 3. The van der Waals surface area contributed by atoms with Gasteiger partial charge in [-0.15, -0.1) is 0 Å². The molecule has 0 bridgehead atoms. The maximum absolute atomic E-state index is 11.0. The number of carboxylic acid groups (broad SMARTS) is 1. The van der Waals surface area contributed by atoms with Crippen LogP contribution in [0.1, 0.15) is 40.5 Å². The molecule has 0 spiro atoms. The topological polar surface area (TPSA) is 49.8 Å². The van der Waals surface area contributed by atoms with Crippen LogP contribution in [0.3, 0.4) is 0 Å². The lowest BCUT2D eigenvalue weighted by molar-refractivity contribution is -0.139. The van der Waals surface area contributed by atoms with E-state index in [9.17, 15) is 4.79 Å². The first kappa shape index (κ1) is 17.4. The lowest BCUT2D eigenvalue weighted by Gasteiger charge is -2.32. The Hall–Kier alpha value is -0.610. The Labute approximate surface area is 111 Å². The molecule has 0 rings (SSSR count). The number of nitrogens with zero attached hydrogens (tertiary/aromatic N) is 1. The lowest BCUT2D eigenvalue weighted by Crippen LogP contribution is -2.42. The van der Waals surface area contributed by atoms with E-state index in [-0.39, 0.29) is 6.54 Å². The molecular weight excluding hydrogens is 230 g/mol. The van der Waals surface area contributed by atoms with Gasteiger partial charge in [0.1, 0.15) is 0 Å². The molecule has 108 valence electrons. The van der Waals surface area contributed by atoms with Crippen molar-refractivity contribution in [1.82, 2.24) is 4.90 Å². The average molecular weight is 259 g/mol. The van der Waals surface area contributed by atoms with Gasteiger partial charge in [-0.25, -0.2) is 0 Å². The van der Waals surface area contributed by atoms with Gasteiger partial charge in [0.05, 0.1) is 13.2 Å². The predicted molar refractivity (Wildman–Crippen MR) is 73.8 cm³/mol. The van der Waals surface area contributed by atoms with Gasteiger partial charge in [-0.1, -0.05) is 27.7 Å². The Bertz CT molecular complexity index is 219. The molecule has 0 aliphatic heterocycles. The van der Waals surface area contributed by atoms with E-state index in [2.05, 4.69) is 27.7 Å². The summed E-state index contributed by atoms with van der Waals surface area (Å²) in [7, 11) is 1.65. The third-order valence-corrected chi connectivity index (χ3v) is 2.92. The largest absolute Gasteiger partial charge is 0.480 e. The molecule has 0 radical (unpaired) electrons. The molecular formula is C14H29NO3. The first-order valence-corrected chi connectivity index (χ1v) is 6.81. The monoisotopic (exact) mass is 259 g/mol. The summed E-state index contributed by atoms with van der Waals surface area (Å²) in [6.07, 6.45) is 2.07. The maximum Gasteiger partial charge on any atom is 0.317 e. The van der Waals surface area contributed by atoms with E-state index in [1.807, 2.05) is 4.90 Å². The van der Waals surface area contributed by atoms with Gasteiger partial charge in [0.25, 0.3) is 0 Å². The highest BCUT2D eigenvalue weighted by atomic mass is 16.5. The van der Waals surface area contributed by atoms with Gasteiger partial charge in [0, 0.05) is 19.7 Å². The average Bonchev–Trinajstić information content (AvgIpc) is 2.21. The van der Waals surface area contributed by atoms with Gasteiger partial charge in [0.15, 0.2) is 0 Å². The fraction of sp³-hybridized carbons (Fsp3) is 0.929. The minimum Gasteiger partial charge on any atom is -0.480 e. The lowest BCUT2D eigenvalue weighted by atomic mass is 9.94. The molecule has 0 aliphatic carbocycles. The molecule has 0 fully saturated rings. The number of carboxylic acids is 1. The van der Waals surface area contributed by atoms with Crippen molar-refractivity contribution in [3.05, 3.63) is 0 Å². The van der Waals surface area contributed by atoms with Crippen molar-refractivity contribution in [2.75, 3.05) is 26.8 Å². The van der Waals surface area contributed by atoms with Crippen LogP contribution < -0.4 is 0 Å². The number of ether oxygens (including phenoxy) is 1. The molecule has 0 atom stereocenters. The van der Waals surface area contributed by atoms with Crippen molar-refractivity contribution in [3.63, 3.8) is 0 Å². The summed E-state index contributed by atoms with van der Waals surface area (Å²) in [4.78, 5) is 13.0. The highest BCUT2D eigenvalue weighted by Crippen LogP contribution is 2.19. The van der Waals surface area contributed by atoms with Crippen molar-refractivity contribution in [2.45, 2.75) is 46.6 Å². The van der Waals surface area contributed by atoms with E-state index < -0.39 is 5.97 Å². The SMILES string of the molecule is COCCN(CC(=O)O)C(CC(C)C)CC(C)C. The summed E-state index contributed by atoms with van der Waals surface area (Å²) in [6.45, 7) is 10.1. The zero-order chi connectivity index (χ0) is 14.1. The molecule has 0 aliphatic rings. The van der Waals surface area contributed by atoms with Crippen LogP contribution in [0.2, 0.25) is 0 Å². The van der Waals surface area contributed by atoms with Gasteiger partial charge < -0.3 is 9.84 Å². The fourth-order valence-corrected chi connectivity index (χ4v) is 2.26. The van der Waals surface area contributed by atoms with Crippen molar-refractivity contribution < 1.29 is 14.6 Å². The highest BCUT2D eigenvalue weighted by Gasteiger charge is 2.22. The molecule has 0 saturated carbocycles. The van der Waals surface area contributed by atoms with Crippen LogP contribution in [0.5, 0.6) is 0 Å². The van der Waals surface area contributed by atoms with Gasteiger partial charge >= 0.3 is 5.97 Å². The van der Waals surface area contributed by atoms with Crippen molar-refractivity contribution in [3.8, 4) is 0 Å². The first-order valence-electron chi connectivity index (χ1n) is 6.81. The minimum absolute atomic E-state index is 0.105. The van der Waals surface area contributed by atoms with E-state index in [1.54, 1.807) is 7.11 Å². The first-order chi connectivity index (χ1) is 8.36. The van der Waals surface area contributed by atoms with Crippen LogP contribution >= 0.6 is 0 Å². The molecule has 4 nitrogen and oxygen atoms in total. The Kier molecular flexibility index (Phi) is 9.02. The van der Waals surface area contributed by atoms with Gasteiger partial charge in [-0.2, -0.15) is 0 Å². The van der Waals surface area contributed by atoms with Crippen LogP contribution in [0.25, 0.3) is 0 Å². The molecule has 1 N–H and O–H groups in total. The van der Waals surface area contributed by atoms with Crippen molar-refractivity contribution in [1.29, 1.82) is 0 Å². The van der Waals surface area contributed by atoms with Crippen LogP contribution in [0, 0.1) is 11.8 Å². The van der Waals surface area contributed by atoms with Crippen LogP contribution in [0.15, 0.2) is 0 Å². The van der Waals surface area contributed by atoms with E-state index in [4.69, 9.17) is 9.84 Å². The number of hydrogen-bond donors (Lipinski definition) is 1. The van der Waals surface area contributed by atoms with Gasteiger partial charge in [-0.05, 0) is 24.7 Å². The molecule has 0 aromatic carbocycles. The summed E-state index contributed by atoms with van der Waals surface area (Å²) < 4.78 is 5.08. The Balaban J connectivity index is 4.63. The second-order valence-electron chi connectivity index (χ2n) is 5.77. The Morgan fingerprint density at radius 1 is 1.17 bits per heavy atom. The van der Waals surface area contributed by atoms with E-state index in [0.29, 0.717) is 31.0 Å². The number of carbonyl (C=O) groups is 1. The summed E-state index contributed by atoms with van der Waals surface area (Å²) in [5.41, 5.74) is 0. The number of methoxy groups -OCH3 is 1. The second-order valence-corrected chi connectivity index (χ2v) is 5.77. The normalized spacial score (nSPS) is 12.1. The summed E-state index contributed by atoms with van der Waals surface area (Å²) in [6, 6.07) is 0.330. The van der Waals surface area contributed by atoms with Gasteiger partial charge in [0.2, 0.25) is 0 Å². The van der Waals surface area contributed by atoms with Crippen LogP contribution in [0.4, 0.5) is 0 Å². The zero-order valence-electron chi connectivity index (χ0n) is 12.5. The van der Waals surface area contributed by atoms with Gasteiger partial charge in [-0.3, -0.25) is 9.69 Å². The summed E-state index contributed by atoms with van der Waals surface area (Å²) in [5.74, 6) is 0.392. The van der Waals surface area contributed by atoms with Crippen molar-refractivity contribution >= 4 is 5.97 Å². The third-order valence-electron chi connectivity index (χ3n) is 2.92. The second kappa shape index (κ2) is 9.34. The maximum atomic E-state index is 11.0. The summed E-state index contributed by atoms with van der Waals surface area (Å²) >= 11 is 0. The summed E-state index contributed by atoms with van der Waals surface area (Å²) in [5, 5.41) is 9.02. The molecule has 4 heteroatoms. The molecule has 0 aromatic rings. The zero-order valence-corrected chi connectivity index (χ0v) is 12.5. The van der Waals surface area contributed by atoms with Crippen LogP contribution in [-0.2, 0) is 9.53 Å². The number of rotatable bonds is 10. The molecule has 0 unspecified atom stereocenters. The molecule has 0 aromatic heterocycles. The minimum atomic E-state index is -0.761. The fourth-order valence-electron chi connectivity index (χ4n) is 2.26. The predicted octanol–water partition coefficient (Wildman–Crippen LogP) is 2.48. The molecule has 18 heavy (non-hydrogen) atoms. The van der Waals surface area contributed by atoms with E-state index in [0.717, 1.165) is 12.8 Å². The number of aliphatic carboxylic acids is 1. The standard InChI is InChI=1S/C14H29NO3/c1-11(2)8-13(9-12(3)4)15(6-7-18-5)10-14(16)17/h11-13H,6-10H2,1-5H3,(H,16,17). The third kappa shape index (κ3) is 8.48.